The summed E-state index contributed by atoms with van der Waals surface area (Å²) >= 11 is 0. The summed E-state index contributed by atoms with van der Waals surface area (Å²) in [7, 11) is 0. The van der Waals surface area contributed by atoms with Crippen LogP contribution in [-0.4, -0.2) is 34.6 Å². The predicted molar refractivity (Wildman–Crippen MR) is 53.2 cm³/mol. The van der Waals surface area contributed by atoms with Crippen molar-refractivity contribution in [3.63, 3.8) is 0 Å². The molecule has 1 aromatic heterocycles. The van der Waals surface area contributed by atoms with Gasteiger partial charge < -0.3 is 0 Å². The van der Waals surface area contributed by atoms with E-state index >= 15 is 0 Å². The van der Waals surface area contributed by atoms with E-state index in [4.69, 9.17) is 0 Å². The van der Waals surface area contributed by atoms with Crippen LogP contribution in [0.1, 0.15) is 20.8 Å². The molecule has 0 N–H and O–H groups in total. The van der Waals surface area contributed by atoms with Crippen LogP contribution >= 0.6 is 0 Å². The number of hydrogen-bond donors (Lipinski definition) is 0. The number of rotatable bonds is 4. The van der Waals surface area contributed by atoms with Gasteiger partial charge in [-0.05, 0) is 20.8 Å². The van der Waals surface area contributed by atoms with Crippen LogP contribution in [0.3, 0.4) is 0 Å². The SMILES string of the molecule is CC[N+](CC)(CC)c1ncncn1. The third kappa shape index (κ3) is 1.83. The normalized spacial score (nSPS) is 11.6. The fourth-order valence-corrected chi connectivity index (χ4v) is 1.57. The third-order valence-electron chi connectivity index (χ3n) is 2.72. The van der Waals surface area contributed by atoms with Crippen molar-refractivity contribution in [2.45, 2.75) is 20.8 Å². The molecule has 0 saturated carbocycles. The Bertz CT molecular complexity index is 235. The minimum Gasteiger partial charge on any atom is -0.258 e. The van der Waals surface area contributed by atoms with Crippen LogP contribution in [0.4, 0.5) is 5.95 Å². The van der Waals surface area contributed by atoms with Gasteiger partial charge in [-0.15, -0.1) is 0 Å². The summed E-state index contributed by atoms with van der Waals surface area (Å²) in [6.07, 6.45) is 3.13. The molecule has 0 amide bonds. The molecule has 4 nitrogen and oxygen atoms in total. The molecule has 0 radical (unpaired) electrons. The summed E-state index contributed by atoms with van der Waals surface area (Å²) in [5, 5.41) is 0. The summed E-state index contributed by atoms with van der Waals surface area (Å²) in [6, 6.07) is 0. The fourth-order valence-electron chi connectivity index (χ4n) is 1.57. The van der Waals surface area contributed by atoms with E-state index in [1.165, 1.54) is 0 Å². The van der Waals surface area contributed by atoms with Crippen molar-refractivity contribution < 1.29 is 0 Å². The van der Waals surface area contributed by atoms with Crippen LogP contribution in [0.5, 0.6) is 0 Å². The van der Waals surface area contributed by atoms with E-state index in [1.54, 1.807) is 12.7 Å². The Hall–Kier alpha value is -1.03. The standard InChI is InChI=1S/C9H17N4/c1-4-13(5-2,6-3)9-11-7-10-8-12-9/h7-8H,4-6H2,1-3H3/q+1. The topological polar surface area (TPSA) is 38.7 Å². The Labute approximate surface area is 79.2 Å². The zero-order chi connectivity index (χ0) is 9.73. The Morgan fingerprint density at radius 3 is 1.85 bits per heavy atom. The van der Waals surface area contributed by atoms with Gasteiger partial charge in [-0.2, -0.15) is 9.97 Å². The lowest BCUT2D eigenvalue weighted by molar-refractivity contribution is 0.298. The van der Waals surface area contributed by atoms with Crippen LogP contribution in [0.2, 0.25) is 0 Å². The van der Waals surface area contributed by atoms with Gasteiger partial charge in [0.2, 0.25) is 0 Å². The van der Waals surface area contributed by atoms with Gasteiger partial charge in [0.05, 0.1) is 19.6 Å². The summed E-state index contributed by atoms with van der Waals surface area (Å²) in [4.78, 5) is 12.3. The second-order valence-corrected chi connectivity index (χ2v) is 3.03. The summed E-state index contributed by atoms with van der Waals surface area (Å²) in [6.45, 7) is 9.56. The van der Waals surface area contributed by atoms with E-state index in [0.717, 1.165) is 30.1 Å². The fraction of sp³-hybridized carbons (Fsp3) is 0.667. The monoisotopic (exact) mass is 181 g/mol. The number of hydrogen-bond acceptors (Lipinski definition) is 3. The molecule has 0 aromatic carbocycles. The molecule has 0 unspecified atom stereocenters. The molecular formula is C9H17N4+. The molecule has 4 heteroatoms. The van der Waals surface area contributed by atoms with Gasteiger partial charge in [-0.3, -0.25) is 4.48 Å². The van der Waals surface area contributed by atoms with E-state index < -0.39 is 0 Å². The van der Waals surface area contributed by atoms with Crippen molar-refractivity contribution in [2.75, 3.05) is 19.6 Å². The Morgan fingerprint density at radius 1 is 1.00 bits per heavy atom. The smallest absolute Gasteiger partial charge is 0.258 e. The largest absolute Gasteiger partial charge is 0.331 e. The van der Waals surface area contributed by atoms with Crippen molar-refractivity contribution in [2.24, 2.45) is 0 Å². The lowest BCUT2D eigenvalue weighted by atomic mass is 10.4. The van der Waals surface area contributed by atoms with Crippen LogP contribution in [0.25, 0.3) is 0 Å². The summed E-state index contributed by atoms with van der Waals surface area (Å²) in [5.41, 5.74) is 0. The molecule has 72 valence electrons. The second kappa shape index (κ2) is 4.28. The predicted octanol–water partition coefficient (Wildman–Crippen LogP) is 1.24. The highest BCUT2D eigenvalue weighted by Crippen LogP contribution is 2.15. The molecule has 1 rings (SSSR count). The first-order chi connectivity index (χ1) is 6.29. The highest BCUT2D eigenvalue weighted by atomic mass is 15.4. The van der Waals surface area contributed by atoms with Gasteiger partial charge in [-0.25, -0.2) is 4.98 Å². The molecule has 0 atom stereocenters. The van der Waals surface area contributed by atoms with E-state index in [9.17, 15) is 0 Å². The van der Waals surface area contributed by atoms with E-state index in [0.29, 0.717) is 0 Å². The summed E-state index contributed by atoms with van der Waals surface area (Å²) in [5.74, 6) is 0.877. The molecular weight excluding hydrogens is 164 g/mol. The van der Waals surface area contributed by atoms with Gasteiger partial charge in [-0.1, -0.05) is 0 Å². The first-order valence-corrected chi connectivity index (χ1v) is 4.77. The molecule has 0 aliphatic rings. The van der Waals surface area contributed by atoms with E-state index in [-0.39, 0.29) is 0 Å². The molecule has 0 fully saturated rings. The average molecular weight is 181 g/mol. The molecule has 0 aliphatic carbocycles. The van der Waals surface area contributed by atoms with Crippen molar-refractivity contribution in [1.29, 1.82) is 0 Å². The zero-order valence-electron chi connectivity index (χ0n) is 8.56. The maximum atomic E-state index is 4.21. The first-order valence-electron chi connectivity index (χ1n) is 4.77. The number of nitrogens with zero attached hydrogens (tertiary/aromatic N) is 4. The summed E-state index contributed by atoms with van der Waals surface area (Å²) < 4.78 is 0.836. The van der Waals surface area contributed by atoms with Crippen LogP contribution in [-0.2, 0) is 0 Å². The Morgan fingerprint density at radius 2 is 1.46 bits per heavy atom. The minimum atomic E-state index is 0.836. The van der Waals surface area contributed by atoms with Crippen molar-refractivity contribution in [3.8, 4) is 0 Å². The molecule has 0 saturated heterocycles. The van der Waals surface area contributed by atoms with Crippen molar-refractivity contribution in [3.05, 3.63) is 12.7 Å². The Kier molecular flexibility index (Phi) is 3.31. The van der Waals surface area contributed by atoms with Gasteiger partial charge >= 0.3 is 5.95 Å². The zero-order valence-corrected chi connectivity index (χ0v) is 8.56. The lowest BCUT2D eigenvalue weighted by Crippen LogP contribution is -2.49. The quantitative estimate of drug-likeness (QED) is 0.656. The maximum absolute atomic E-state index is 4.21. The molecule has 1 heterocycles. The second-order valence-electron chi connectivity index (χ2n) is 3.03. The first kappa shape index (κ1) is 10.1. The average Bonchev–Trinajstić information content (AvgIpc) is 2.23. The molecule has 0 bridgehead atoms. The number of quaternary nitrogens is 1. The molecule has 13 heavy (non-hydrogen) atoms. The van der Waals surface area contributed by atoms with Crippen molar-refractivity contribution >= 4 is 5.95 Å². The van der Waals surface area contributed by atoms with Crippen LogP contribution in [0, 0.1) is 0 Å². The molecule has 0 aliphatic heterocycles. The molecule has 1 aromatic rings. The van der Waals surface area contributed by atoms with Crippen molar-refractivity contribution in [1.82, 2.24) is 19.4 Å². The Balaban J connectivity index is 3.01. The molecule has 0 spiro atoms. The van der Waals surface area contributed by atoms with Gasteiger partial charge in [0.25, 0.3) is 0 Å². The van der Waals surface area contributed by atoms with Gasteiger partial charge in [0, 0.05) is 0 Å². The highest BCUT2D eigenvalue weighted by Gasteiger charge is 2.27. The van der Waals surface area contributed by atoms with Crippen LogP contribution in [0.15, 0.2) is 12.7 Å². The van der Waals surface area contributed by atoms with Crippen LogP contribution < -0.4 is 4.48 Å². The number of aromatic nitrogens is 3. The minimum absolute atomic E-state index is 0.836. The van der Waals surface area contributed by atoms with E-state index in [1.807, 2.05) is 0 Å². The van der Waals surface area contributed by atoms with E-state index in [2.05, 4.69) is 35.7 Å². The lowest BCUT2D eigenvalue weighted by Gasteiger charge is -2.31. The third-order valence-corrected chi connectivity index (χ3v) is 2.72. The maximum Gasteiger partial charge on any atom is 0.331 e. The van der Waals surface area contributed by atoms with Gasteiger partial charge in [0.15, 0.2) is 0 Å². The van der Waals surface area contributed by atoms with Gasteiger partial charge in [0.1, 0.15) is 12.7 Å². The highest BCUT2D eigenvalue weighted by molar-refractivity contribution is 5.21.